The van der Waals surface area contributed by atoms with E-state index in [0.717, 1.165) is 22.5 Å². The summed E-state index contributed by atoms with van der Waals surface area (Å²) in [6.45, 7) is 0. The molecule has 0 spiro atoms. The van der Waals surface area contributed by atoms with Gasteiger partial charge in [0.15, 0.2) is 0 Å². The third-order valence-electron chi connectivity index (χ3n) is 2.76. The maximum absolute atomic E-state index is 6.22. The van der Waals surface area contributed by atoms with Crippen LogP contribution in [0.3, 0.4) is 0 Å². The highest BCUT2D eigenvalue weighted by atomic mass is 79.9. The van der Waals surface area contributed by atoms with Crippen molar-refractivity contribution in [2.45, 2.75) is 12.3 Å². The van der Waals surface area contributed by atoms with Crippen LogP contribution in [-0.2, 0) is 13.5 Å². The standard InChI is InChI=1S/C13H14BrClN2/c1-17-7-6-11(16-17)8-10(9-14)12-4-2-3-5-13(12)15/h2-7,10H,8-9H2,1H3. The van der Waals surface area contributed by atoms with Crippen molar-refractivity contribution >= 4 is 27.5 Å². The van der Waals surface area contributed by atoms with Crippen molar-refractivity contribution in [3.8, 4) is 0 Å². The van der Waals surface area contributed by atoms with Crippen molar-refractivity contribution in [2.24, 2.45) is 7.05 Å². The molecule has 1 aromatic heterocycles. The van der Waals surface area contributed by atoms with Gasteiger partial charge in [0.25, 0.3) is 0 Å². The second-order valence-corrected chi connectivity index (χ2v) is 5.11. The zero-order valence-electron chi connectivity index (χ0n) is 9.61. The Kier molecular flexibility index (Phi) is 4.24. The molecule has 1 unspecified atom stereocenters. The molecule has 17 heavy (non-hydrogen) atoms. The number of nitrogens with zero attached hydrogens (tertiary/aromatic N) is 2. The smallest absolute Gasteiger partial charge is 0.0630 e. The summed E-state index contributed by atoms with van der Waals surface area (Å²) in [5.41, 5.74) is 2.27. The van der Waals surface area contributed by atoms with E-state index in [4.69, 9.17) is 11.6 Å². The number of aryl methyl sites for hydroxylation is 1. The third kappa shape index (κ3) is 3.11. The first-order valence-electron chi connectivity index (χ1n) is 5.49. The summed E-state index contributed by atoms with van der Waals surface area (Å²) in [5.74, 6) is 0.360. The Labute approximate surface area is 115 Å². The normalized spacial score (nSPS) is 12.6. The lowest BCUT2D eigenvalue weighted by molar-refractivity contribution is 0.701. The molecule has 2 nitrogen and oxygen atoms in total. The van der Waals surface area contributed by atoms with Gasteiger partial charge in [-0.3, -0.25) is 4.68 Å². The SMILES string of the molecule is Cn1ccc(CC(CBr)c2ccccc2Cl)n1. The highest BCUT2D eigenvalue weighted by Gasteiger charge is 2.15. The number of rotatable bonds is 4. The zero-order valence-corrected chi connectivity index (χ0v) is 11.9. The summed E-state index contributed by atoms with van der Waals surface area (Å²) in [5, 5.41) is 6.12. The van der Waals surface area contributed by atoms with Crippen LogP contribution in [-0.4, -0.2) is 15.1 Å². The summed E-state index contributed by atoms with van der Waals surface area (Å²) >= 11 is 9.78. The van der Waals surface area contributed by atoms with E-state index in [2.05, 4.69) is 27.1 Å². The third-order valence-corrected chi connectivity index (χ3v) is 3.88. The molecule has 0 aliphatic heterocycles. The van der Waals surface area contributed by atoms with Gasteiger partial charge in [0.2, 0.25) is 0 Å². The fourth-order valence-electron chi connectivity index (χ4n) is 1.88. The number of hydrogen-bond acceptors (Lipinski definition) is 1. The highest BCUT2D eigenvalue weighted by Crippen LogP contribution is 2.28. The molecule has 1 atom stereocenters. The van der Waals surface area contributed by atoms with Crippen LogP contribution in [0.4, 0.5) is 0 Å². The quantitative estimate of drug-likeness (QED) is 0.785. The summed E-state index contributed by atoms with van der Waals surface area (Å²) < 4.78 is 1.83. The molecular formula is C13H14BrClN2. The second kappa shape index (κ2) is 5.69. The molecule has 0 aliphatic rings. The van der Waals surface area contributed by atoms with E-state index in [-0.39, 0.29) is 0 Å². The van der Waals surface area contributed by atoms with Crippen LogP contribution >= 0.6 is 27.5 Å². The van der Waals surface area contributed by atoms with Gasteiger partial charge in [-0.15, -0.1) is 0 Å². The minimum absolute atomic E-state index is 0.360. The molecule has 0 aliphatic carbocycles. The van der Waals surface area contributed by atoms with E-state index in [0.29, 0.717) is 5.92 Å². The topological polar surface area (TPSA) is 17.8 Å². The van der Waals surface area contributed by atoms with Crippen LogP contribution in [0.2, 0.25) is 5.02 Å². The molecule has 4 heteroatoms. The molecule has 2 aromatic rings. The fourth-order valence-corrected chi connectivity index (χ4v) is 2.75. The predicted octanol–water partition coefficient (Wildman–Crippen LogP) is 3.79. The molecule has 0 N–H and O–H groups in total. The van der Waals surface area contributed by atoms with Gasteiger partial charge >= 0.3 is 0 Å². The number of aromatic nitrogens is 2. The molecule has 0 amide bonds. The molecule has 2 rings (SSSR count). The average molecular weight is 314 g/mol. The van der Waals surface area contributed by atoms with Crippen molar-refractivity contribution in [2.75, 3.05) is 5.33 Å². The number of hydrogen-bond donors (Lipinski definition) is 0. The molecule has 0 fully saturated rings. The Balaban J connectivity index is 2.20. The fraction of sp³-hybridized carbons (Fsp3) is 0.308. The number of alkyl halides is 1. The van der Waals surface area contributed by atoms with Crippen molar-refractivity contribution in [1.29, 1.82) is 0 Å². The van der Waals surface area contributed by atoms with Gasteiger partial charge in [-0.2, -0.15) is 5.10 Å². The lowest BCUT2D eigenvalue weighted by Crippen LogP contribution is -2.06. The van der Waals surface area contributed by atoms with Crippen molar-refractivity contribution < 1.29 is 0 Å². The molecule has 1 aromatic carbocycles. The Morgan fingerprint density at radius 1 is 1.35 bits per heavy atom. The van der Waals surface area contributed by atoms with E-state index in [1.807, 2.05) is 42.2 Å². The minimum Gasteiger partial charge on any atom is -0.276 e. The van der Waals surface area contributed by atoms with Gasteiger partial charge in [-0.05, 0) is 24.1 Å². The predicted molar refractivity (Wildman–Crippen MR) is 74.9 cm³/mol. The molecule has 90 valence electrons. The molecule has 1 heterocycles. The molecule has 0 saturated heterocycles. The summed E-state index contributed by atoms with van der Waals surface area (Å²) in [4.78, 5) is 0. The molecule has 0 saturated carbocycles. The van der Waals surface area contributed by atoms with Gasteiger partial charge in [0.05, 0.1) is 5.69 Å². The second-order valence-electron chi connectivity index (χ2n) is 4.06. The monoisotopic (exact) mass is 312 g/mol. The van der Waals surface area contributed by atoms with Gasteiger partial charge in [0.1, 0.15) is 0 Å². The summed E-state index contributed by atoms with van der Waals surface area (Å²) in [7, 11) is 1.93. The Hall–Kier alpha value is -0.800. The van der Waals surface area contributed by atoms with Crippen molar-refractivity contribution in [3.05, 3.63) is 52.8 Å². The van der Waals surface area contributed by atoms with Crippen LogP contribution < -0.4 is 0 Å². The zero-order chi connectivity index (χ0) is 12.3. The van der Waals surface area contributed by atoms with E-state index in [1.165, 1.54) is 5.56 Å². The van der Waals surface area contributed by atoms with E-state index in [9.17, 15) is 0 Å². The van der Waals surface area contributed by atoms with Crippen LogP contribution in [0, 0.1) is 0 Å². The van der Waals surface area contributed by atoms with Crippen molar-refractivity contribution in [3.63, 3.8) is 0 Å². The first-order chi connectivity index (χ1) is 8.20. The van der Waals surface area contributed by atoms with Gasteiger partial charge < -0.3 is 0 Å². The number of halogens is 2. The van der Waals surface area contributed by atoms with Gasteiger partial charge in [-0.25, -0.2) is 0 Å². The lowest BCUT2D eigenvalue weighted by atomic mass is 9.96. The molecule has 0 radical (unpaired) electrons. The van der Waals surface area contributed by atoms with E-state index >= 15 is 0 Å². The maximum atomic E-state index is 6.22. The van der Waals surface area contributed by atoms with Crippen LogP contribution in [0.5, 0.6) is 0 Å². The highest BCUT2D eigenvalue weighted by molar-refractivity contribution is 9.09. The first kappa shape index (κ1) is 12.7. The number of benzene rings is 1. The maximum Gasteiger partial charge on any atom is 0.0630 e. The van der Waals surface area contributed by atoms with Crippen LogP contribution in [0.15, 0.2) is 36.5 Å². The van der Waals surface area contributed by atoms with E-state index < -0.39 is 0 Å². The van der Waals surface area contributed by atoms with E-state index in [1.54, 1.807) is 0 Å². The Morgan fingerprint density at radius 3 is 2.71 bits per heavy atom. The summed E-state index contributed by atoms with van der Waals surface area (Å²) in [6, 6.07) is 10.0. The molecular weight excluding hydrogens is 300 g/mol. The molecule has 0 bridgehead atoms. The van der Waals surface area contributed by atoms with Gasteiger partial charge in [-0.1, -0.05) is 45.7 Å². The van der Waals surface area contributed by atoms with Crippen LogP contribution in [0.25, 0.3) is 0 Å². The summed E-state index contributed by atoms with van der Waals surface area (Å²) in [6.07, 6.45) is 2.86. The van der Waals surface area contributed by atoms with Gasteiger partial charge in [0, 0.05) is 29.5 Å². The average Bonchev–Trinajstić information content (AvgIpc) is 2.73. The van der Waals surface area contributed by atoms with Crippen LogP contribution in [0.1, 0.15) is 17.2 Å². The van der Waals surface area contributed by atoms with Crippen molar-refractivity contribution in [1.82, 2.24) is 9.78 Å². The lowest BCUT2D eigenvalue weighted by Gasteiger charge is -2.14. The first-order valence-corrected chi connectivity index (χ1v) is 6.99. The Bertz CT molecular complexity index is 496. The Morgan fingerprint density at radius 2 is 2.12 bits per heavy atom. The minimum atomic E-state index is 0.360. The largest absolute Gasteiger partial charge is 0.276 e.